The molecule has 1 aromatic heterocycles. The smallest absolute Gasteiger partial charge is 0.0753 e. The Morgan fingerprint density at radius 2 is 1.81 bits per heavy atom. The lowest BCUT2D eigenvalue weighted by atomic mass is 9.81. The normalized spacial score (nSPS) is 23.7. The van der Waals surface area contributed by atoms with Crippen molar-refractivity contribution in [3.8, 4) is 0 Å². The highest BCUT2D eigenvalue weighted by molar-refractivity contribution is 5.20. The summed E-state index contributed by atoms with van der Waals surface area (Å²) in [7, 11) is 0. The van der Waals surface area contributed by atoms with Crippen molar-refractivity contribution in [1.29, 1.82) is 0 Å². The standard InChI is InChI=1S/C18H23N3/c1-14(18-13-19-11-12-20-18)21-17-9-7-16(8-10-17)15-5-3-2-4-6-15/h2-6,11-14,16-17,21H,7-10H2,1H3. The Kier molecular flexibility index (Phi) is 4.61. The monoisotopic (exact) mass is 281 g/mol. The van der Waals surface area contributed by atoms with E-state index < -0.39 is 0 Å². The summed E-state index contributed by atoms with van der Waals surface area (Å²) in [5.41, 5.74) is 2.53. The van der Waals surface area contributed by atoms with Gasteiger partial charge >= 0.3 is 0 Å². The van der Waals surface area contributed by atoms with Gasteiger partial charge in [-0.3, -0.25) is 9.97 Å². The SMILES string of the molecule is CC(NC1CCC(c2ccccc2)CC1)c1cnccn1. The molecule has 3 rings (SSSR count). The molecule has 2 aromatic rings. The Morgan fingerprint density at radius 1 is 1.05 bits per heavy atom. The molecule has 0 radical (unpaired) electrons. The van der Waals surface area contributed by atoms with Gasteiger partial charge in [-0.15, -0.1) is 0 Å². The Morgan fingerprint density at radius 3 is 2.48 bits per heavy atom. The van der Waals surface area contributed by atoms with E-state index in [1.165, 1.54) is 31.2 Å². The summed E-state index contributed by atoms with van der Waals surface area (Å²) in [4.78, 5) is 8.53. The molecule has 1 aromatic carbocycles. The number of hydrogen-bond acceptors (Lipinski definition) is 3. The van der Waals surface area contributed by atoms with Gasteiger partial charge in [-0.1, -0.05) is 30.3 Å². The molecule has 0 spiro atoms. The third kappa shape index (κ3) is 3.67. The van der Waals surface area contributed by atoms with Gasteiger partial charge in [0.25, 0.3) is 0 Å². The van der Waals surface area contributed by atoms with Crippen LogP contribution in [0.2, 0.25) is 0 Å². The molecule has 1 unspecified atom stereocenters. The summed E-state index contributed by atoms with van der Waals surface area (Å²) >= 11 is 0. The van der Waals surface area contributed by atoms with Crippen molar-refractivity contribution in [2.24, 2.45) is 0 Å². The predicted octanol–water partition coefficient (Wildman–Crippen LogP) is 3.85. The molecule has 1 fully saturated rings. The minimum atomic E-state index is 0.275. The van der Waals surface area contributed by atoms with Crippen molar-refractivity contribution in [2.75, 3.05) is 0 Å². The molecule has 1 heterocycles. The Labute approximate surface area is 126 Å². The molecular formula is C18H23N3. The molecule has 3 nitrogen and oxygen atoms in total. The lowest BCUT2D eigenvalue weighted by molar-refractivity contribution is 0.320. The van der Waals surface area contributed by atoms with Gasteiger partial charge in [0.2, 0.25) is 0 Å². The number of hydrogen-bond donors (Lipinski definition) is 1. The number of rotatable bonds is 4. The van der Waals surface area contributed by atoms with Crippen molar-refractivity contribution in [2.45, 2.75) is 50.6 Å². The summed E-state index contributed by atoms with van der Waals surface area (Å²) < 4.78 is 0. The van der Waals surface area contributed by atoms with E-state index in [2.05, 4.69) is 52.5 Å². The van der Waals surface area contributed by atoms with E-state index in [4.69, 9.17) is 0 Å². The van der Waals surface area contributed by atoms with Gasteiger partial charge in [0, 0.05) is 30.7 Å². The van der Waals surface area contributed by atoms with Crippen molar-refractivity contribution in [3.63, 3.8) is 0 Å². The van der Waals surface area contributed by atoms with E-state index >= 15 is 0 Å². The fourth-order valence-corrected chi connectivity index (χ4v) is 3.29. The van der Waals surface area contributed by atoms with Crippen molar-refractivity contribution in [3.05, 3.63) is 60.2 Å². The lowest BCUT2D eigenvalue weighted by Crippen LogP contribution is -2.35. The van der Waals surface area contributed by atoms with Crippen LogP contribution in [0.1, 0.15) is 55.8 Å². The molecule has 0 amide bonds. The second-order valence-electron chi connectivity index (χ2n) is 5.98. The number of benzene rings is 1. The van der Waals surface area contributed by atoms with E-state index in [1.54, 1.807) is 12.4 Å². The molecule has 0 aliphatic heterocycles. The molecule has 110 valence electrons. The first-order valence-electron chi connectivity index (χ1n) is 7.90. The van der Waals surface area contributed by atoms with E-state index in [0.29, 0.717) is 6.04 Å². The van der Waals surface area contributed by atoms with Gasteiger partial charge in [0.05, 0.1) is 5.69 Å². The Bertz CT molecular complexity index is 533. The van der Waals surface area contributed by atoms with Crippen molar-refractivity contribution >= 4 is 0 Å². The molecular weight excluding hydrogens is 258 g/mol. The van der Waals surface area contributed by atoms with Crippen LogP contribution in [-0.2, 0) is 0 Å². The largest absolute Gasteiger partial charge is 0.306 e. The van der Waals surface area contributed by atoms with E-state index in [0.717, 1.165) is 11.6 Å². The number of aromatic nitrogens is 2. The second kappa shape index (κ2) is 6.81. The maximum absolute atomic E-state index is 4.38. The van der Waals surface area contributed by atoms with Crippen LogP contribution in [0, 0.1) is 0 Å². The summed E-state index contributed by atoms with van der Waals surface area (Å²) in [5, 5.41) is 3.70. The Balaban J connectivity index is 1.52. The van der Waals surface area contributed by atoms with Crippen LogP contribution in [0.4, 0.5) is 0 Å². The second-order valence-corrected chi connectivity index (χ2v) is 5.98. The van der Waals surface area contributed by atoms with Crippen LogP contribution < -0.4 is 5.32 Å². The highest BCUT2D eigenvalue weighted by Gasteiger charge is 2.23. The topological polar surface area (TPSA) is 37.8 Å². The van der Waals surface area contributed by atoms with Crippen LogP contribution in [0.25, 0.3) is 0 Å². The van der Waals surface area contributed by atoms with E-state index in [-0.39, 0.29) is 6.04 Å². The molecule has 3 heteroatoms. The molecule has 1 aliphatic carbocycles. The number of nitrogens with one attached hydrogen (secondary N) is 1. The van der Waals surface area contributed by atoms with Crippen LogP contribution in [0.5, 0.6) is 0 Å². The molecule has 0 saturated heterocycles. The minimum absolute atomic E-state index is 0.275. The zero-order valence-corrected chi connectivity index (χ0v) is 12.6. The summed E-state index contributed by atoms with van der Waals surface area (Å²) in [5.74, 6) is 0.732. The first kappa shape index (κ1) is 14.2. The Hall–Kier alpha value is -1.74. The molecule has 1 N–H and O–H groups in total. The third-order valence-corrected chi connectivity index (χ3v) is 4.51. The van der Waals surface area contributed by atoms with Gasteiger partial charge in [0.1, 0.15) is 0 Å². The van der Waals surface area contributed by atoms with Crippen LogP contribution in [0.3, 0.4) is 0 Å². The summed E-state index contributed by atoms with van der Waals surface area (Å²) in [6.07, 6.45) is 10.4. The maximum Gasteiger partial charge on any atom is 0.0753 e. The molecule has 1 atom stereocenters. The first-order chi connectivity index (χ1) is 10.3. The van der Waals surface area contributed by atoms with Crippen molar-refractivity contribution < 1.29 is 0 Å². The summed E-state index contributed by atoms with van der Waals surface area (Å²) in [6.45, 7) is 2.17. The first-order valence-corrected chi connectivity index (χ1v) is 7.90. The highest BCUT2D eigenvalue weighted by atomic mass is 15.0. The van der Waals surface area contributed by atoms with Gasteiger partial charge in [-0.2, -0.15) is 0 Å². The third-order valence-electron chi connectivity index (χ3n) is 4.51. The predicted molar refractivity (Wildman–Crippen MR) is 85.0 cm³/mol. The average molecular weight is 281 g/mol. The number of nitrogens with zero attached hydrogens (tertiary/aromatic N) is 2. The quantitative estimate of drug-likeness (QED) is 0.925. The van der Waals surface area contributed by atoms with Gasteiger partial charge in [-0.05, 0) is 44.1 Å². The molecule has 21 heavy (non-hydrogen) atoms. The zero-order chi connectivity index (χ0) is 14.5. The summed E-state index contributed by atoms with van der Waals surface area (Å²) in [6, 6.07) is 11.8. The fraction of sp³-hybridized carbons (Fsp3) is 0.444. The highest BCUT2D eigenvalue weighted by Crippen LogP contribution is 2.33. The lowest BCUT2D eigenvalue weighted by Gasteiger charge is -2.31. The fourth-order valence-electron chi connectivity index (χ4n) is 3.29. The van der Waals surface area contributed by atoms with E-state index in [9.17, 15) is 0 Å². The van der Waals surface area contributed by atoms with Crippen LogP contribution in [0.15, 0.2) is 48.9 Å². The van der Waals surface area contributed by atoms with Crippen LogP contribution in [-0.4, -0.2) is 16.0 Å². The van der Waals surface area contributed by atoms with Crippen LogP contribution >= 0.6 is 0 Å². The molecule has 0 bridgehead atoms. The van der Waals surface area contributed by atoms with Gasteiger partial charge < -0.3 is 5.32 Å². The van der Waals surface area contributed by atoms with Crippen molar-refractivity contribution in [1.82, 2.24) is 15.3 Å². The maximum atomic E-state index is 4.38. The van der Waals surface area contributed by atoms with E-state index in [1.807, 2.05) is 6.20 Å². The van der Waals surface area contributed by atoms with Gasteiger partial charge in [0.15, 0.2) is 0 Å². The molecule has 1 aliphatic rings. The molecule has 1 saturated carbocycles. The average Bonchev–Trinajstić information content (AvgIpc) is 2.57. The zero-order valence-electron chi connectivity index (χ0n) is 12.6. The van der Waals surface area contributed by atoms with Gasteiger partial charge in [-0.25, -0.2) is 0 Å². The minimum Gasteiger partial charge on any atom is -0.306 e.